The van der Waals surface area contributed by atoms with Crippen LogP contribution in [0.2, 0.25) is 0 Å². The summed E-state index contributed by atoms with van der Waals surface area (Å²) in [5, 5.41) is 10.6. The van der Waals surface area contributed by atoms with Gasteiger partial charge in [0.25, 0.3) is 0 Å². The standard InChI is InChI=1S/C20H29FN4OS/c1-5-22-20(23-10-6-7-19-14(2)25-26-15(19)3)24-12-16-8-9-18(21)11-17(16)13-27-4/h8-9,11H,5-7,10,12-13H2,1-4H3,(H2,22,23,24). The summed E-state index contributed by atoms with van der Waals surface area (Å²) in [7, 11) is 0. The van der Waals surface area contributed by atoms with E-state index in [0.717, 1.165) is 60.2 Å². The number of hydrogen-bond donors (Lipinski definition) is 2. The molecule has 7 heteroatoms. The zero-order chi connectivity index (χ0) is 19.6. The smallest absolute Gasteiger partial charge is 0.191 e. The topological polar surface area (TPSA) is 62.5 Å². The molecule has 0 radical (unpaired) electrons. The van der Waals surface area contributed by atoms with E-state index in [4.69, 9.17) is 4.52 Å². The monoisotopic (exact) mass is 392 g/mol. The summed E-state index contributed by atoms with van der Waals surface area (Å²) in [4.78, 5) is 4.66. The molecule has 27 heavy (non-hydrogen) atoms. The second-order valence-corrected chi connectivity index (χ2v) is 7.24. The maximum atomic E-state index is 13.5. The number of nitrogens with one attached hydrogen (secondary N) is 2. The Labute approximate surface area is 165 Å². The summed E-state index contributed by atoms with van der Waals surface area (Å²) in [5.74, 6) is 2.25. The average molecular weight is 393 g/mol. The van der Waals surface area contributed by atoms with E-state index in [1.165, 1.54) is 11.6 Å². The Morgan fingerprint density at radius 1 is 1.26 bits per heavy atom. The number of aromatic nitrogens is 1. The largest absolute Gasteiger partial charge is 0.361 e. The Kier molecular flexibility index (Phi) is 8.64. The third-order valence-electron chi connectivity index (χ3n) is 4.30. The minimum atomic E-state index is -0.198. The highest BCUT2D eigenvalue weighted by atomic mass is 32.2. The Morgan fingerprint density at radius 2 is 2.07 bits per heavy atom. The summed E-state index contributed by atoms with van der Waals surface area (Å²) in [6, 6.07) is 4.93. The van der Waals surface area contributed by atoms with Gasteiger partial charge in [-0.25, -0.2) is 9.38 Å². The lowest BCUT2D eigenvalue weighted by Gasteiger charge is -2.12. The first-order chi connectivity index (χ1) is 13.0. The molecule has 1 aromatic heterocycles. The van der Waals surface area contributed by atoms with Crippen LogP contribution >= 0.6 is 11.8 Å². The van der Waals surface area contributed by atoms with E-state index in [0.29, 0.717) is 6.54 Å². The van der Waals surface area contributed by atoms with E-state index in [1.54, 1.807) is 17.8 Å². The van der Waals surface area contributed by atoms with Crippen molar-refractivity contribution in [2.45, 2.75) is 45.9 Å². The van der Waals surface area contributed by atoms with Crippen molar-refractivity contribution in [1.82, 2.24) is 15.8 Å². The maximum absolute atomic E-state index is 13.5. The van der Waals surface area contributed by atoms with Gasteiger partial charge < -0.3 is 15.2 Å². The zero-order valence-corrected chi connectivity index (χ0v) is 17.4. The third kappa shape index (κ3) is 6.57. The first kappa shape index (κ1) is 21.3. The first-order valence-corrected chi connectivity index (χ1v) is 10.6. The number of aliphatic imine (C=N–C) groups is 1. The Balaban J connectivity index is 1.92. The van der Waals surface area contributed by atoms with E-state index < -0.39 is 0 Å². The molecule has 0 aliphatic heterocycles. The molecule has 0 saturated carbocycles. The Morgan fingerprint density at radius 3 is 2.74 bits per heavy atom. The van der Waals surface area contributed by atoms with Crippen molar-refractivity contribution in [2.24, 2.45) is 4.99 Å². The predicted octanol–water partition coefficient (Wildman–Crippen LogP) is 3.98. The molecule has 0 amide bonds. The minimum Gasteiger partial charge on any atom is -0.361 e. The molecule has 0 bridgehead atoms. The average Bonchev–Trinajstić information content (AvgIpc) is 2.96. The SMILES string of the molecule is CCNC(=NCc1ccc(F)cc1CSC)NCCCc1c(C)noc1C. The fourth-order valence-corrected chi connectivity index (χ4v) is 3.46. The number of guanidine groups is 1. The van der Waals surface area contributed by atoms with Gasteiger partial charge in [-0.05, 0) is 63.1 Å². The third-order valence-corrected chi connectivity index (χ3v) is 4.90. The number of hydrogen-bond acceptors (Lipinski definition) is 4. The molecule has 0 aliphatic rings. The Bertz CT molecular complexity index is 741. The van der Waals surface area contributed by atoms with Crippen LogP contribution in [-0.2, 0) is 18.7 Å². The molecule has 0 unspecified atom stereocenters. The van der Waals surface area contributed by atoms with Crippen molar-refractivity contribution in [1.29, 1.82) is 0 Å². The highest BCUT2D eigenvalue weighted by molar-refractivity contribution is 7.97. The summed E-state index contributed by atoms with van der Waals surface area (Å²) in [5.41, 5.74) is 4.21. The van der Waals surface area contributed by atoms with E-state index in [-0.39, 0.29) is 5.82 Å². The number of nitrogens with zero attached hydrogens (tertiary/aromatic N) is 2. The van der Waals surface area contributed by atoms with Crippen molar-refractivity contribution in [2.75, 3.05) is 19.3 Å². The lowest BCUT2D eigenvalue weighted by atomic mass is 10.1. The molecule has 0 atom stereocenters. The van der Waals surface area contributed by atoms with Crippen molar-refractivity contribution in [3.63, 3.8) is 0 Å². The molecule has 148 valence electrons. The molecule has 1 heterocycles. The van der Waals surface area contributed by atoms with Gasteiger partial charge in [0.05, 0.1) is 12.2 Å². The van der Waals surface area contributed by atoms with Gasteiger partial charge in [-0.3, -0.25) is 0 Å². The summed E-state index contributed by atoms with van der Waals surface area (Å²) in [6.45, 7) is 8.07. The van der Waals surface area contributed by atoms with E-state index in [2.05, 4.69) is 20.8 Å². The van der Waals surface area contributed by atoms with Gasteiger partial charge in [0.1, 0.15) is 11.6 Å². The second kappa shape index (κ2) is 11.0. The van der Waals surface area contributed by atoms with Crippen molar-refractivity contribution >= 4 is 17.7 Å². The molecule has 2 aromatic rings. The van der Waals surface area contributed by atoms with E-state index >= 15 is 0 Å². The minimum absolute atomic E-state index is 0.198. The van der Waals surface area contributed by atoms with Gasteiger partial charge in [0, 0.05) is 24.4 Å². The molecule has 0 saturated heterocycles. The molecule has 1 aromatic carbocycles. The fourth-order valence-electron chi connectivity index (χ4n) is 2.88. The number of rotatable bonds is 9. The lowest BCUT2D eigenvalue weighted by Crippen LogP contribution is -2.37. The van der Waals surface area contributed by atoms with Crippen LogP contribution in [0.25, 0.3) is 0 Å². The predicted molar refractivity (Wildman–Crippen MR) is 111 cm³/mol. The molecule has 2 rings (SSSR count). The van der Waals surface area contributed by atoms with Crippen LogP contribution in [-0.4, -0.2) is 30.5 Å². The van der Waals surface area contributed by atoms with Crippen LogP contribution < -0.4 is 10.6 Å². The normalized spacial score (nSPS) is 11.7. The van der Waals surface area contributed by atoms with Crippen molar-refractivity contribution < 1.29 is 8.91 Å². The zero-order valence-electron chi connectivity index (χ0n) is 16.6. The molecule has 0 aliphatic carbocycles. The maximum Gasteiger partial charge on any atom is 0.191 e. The highest BCUT2D eigenvalue weighted by Crippen LogP contribution is 2.17. The van der Waals surface area contributed by atoms with Crippen LogP contribution in [0.3, 0.4) is 0 Å². The molecule has 0 spiro atoms. The van der Waals surface area contributed by atoms with Crippen LogP contribution in [0, 0.1) is 19.7 Å². The summed E-state index contributed by atoms with van der Waals surface area (Å²) < 4.78 is 18.7. The van der Waals surface area contributed by atoms with Crippen LogP contribution in [0.1, 0.15) is 41.5 Å². The van der Waals surface area contributed by atoms with Gasteiger partial charge in [-0.15, -0.1) is 0 Å². The number of aryl methyl sites for hydroxylation is 2. The fraction of sp³-hybridized carbons (Fsp3) is 0.500. The van der Waals surface area contributed by atoms with Crippen LogP contribution in [0.15, 0.2) is 27.7 Å². The molecule has 5 nitrogen and oxygen atoms in total. The lowest BCUT2D eigenvalue weighted by molar-refractivity contribution is 0.392. The molecular weight excluding hydrogens is 363 g/mol. The first-order valence-electron chi connectivity index (χ1n) is 9.25. The van der Waals surface area contributed by atoms with E-state index in [1.807, 2.05) is 33.1 Å². The summed E-state index contributed by atoms with van der Waals surface area (Å²) >= 11 is 1.68. The quantitative estimate of drug-likeness (QED) is 0.384. The van der Waals surface area contributed by atoms with Gasteiger partial charge in [0.15, 0.2) is 5.96 Å². The number of halogens is 1. The van der Waals surface area contributed by atoms with Crippen molar-refractivity contribution in [3.8, 4) is 0 Å². The second-order valence-electron chi connectivity index (χ2n) is 6.37. The highest BCUT2D eigenvalue weighted by Gasteiger charge is 2.08. The Hall–Kier alpha value is -2.02. The van der Waals surface area contributed by atoms with Crippen LogP contribution in [0.4, 0.5) is 4.39 Å². The van der Waals surface area contributed by atoms with E-state index in [9.17, 15) is 4.39 Å². The van der Waals surface area contributed by atoms with Gasteiger partial charge >= 0.3 is 0 Å². The van der Waals surface area contributed by atoms with Gasteiger partial charge in [-0.2, -0.15) is 11.8 Å². The molecule has 0 fully saturated rings. The van der Waals surface area contributed by atoms with Crippen LogP contribution in [0.5, 0.6) is 0 Å². The van der Waals surface area contributed by atoms with Crippen molar-refractivity contribution in [3.05, 3.63) is 52.2 Å². The molecule has 2 N–H and O–H groups in total. The van der Waals surface area contributed by atoms with Gasteiger partial charge in [0.2, 0.25) is 0 Å². The molecular formula is C20H29FN4OS. The number of thioether (sulfide) groups is 1. The summed E-state index contributed by atoms with van der Waals surface area (Å²) in [6.07, 6.45) is 3.90. The number of benzene rings is 1. The van der Waals surface area contributed by atoms with Gasteiger partial charge in [-0.1, -0.05) is 11.2 Å².